The SMILES string of the molecule is O=C(O)c1cccc2c1ncn2CC1CCS(=O)(=O)C1. The van der Waals surface area contributed by atoms with Crippen LogP contribution in [0.3, 0.4) is 0 Å². The molecule has 0 amide bonds. The molecule has 1 fully saturated rings. The van der Waals surface area contributed by atoms with Crippen molar-refractivity contribution >= 4 is 26.8 Å². The van der Waals surface area contributed by atoms with E-state index in [4.69, 9.17) is 5.11 Å². The first-order valence-corrected chi connectivity index (χ1v) is 8.16. The zero-order valence-corrected chi connectivity index (χ0v) is 11.5. The number of benzene rings is 1. The zero-order chi connectivity index (χ0) is 14.3. The number of nitrogens with zero attached hydrogens (tertiary/aromatic N) is 2. The minimum atomic E-state index is -2.90. The molecule has 0 saturated carbocycles. The Morgan fingerprint density at radius 2 is 2.25 bits per heavy atom. The molecule has 1 atom stereocenters. The molecule has 1 saturated heterocycles. The molecule has 0 aliphatic carbocycles. The molecule has 6 nitrogen and oxygen atoms in total. The normalized spacial score (nSPS) is 21.3. The summed E-state index contributed by atoms with van der Waals surface area (Å²) in [5, 5.41) is 9.12. The number of carboxylic acid groups (broad SMARTS) is 1. The van der Waals surface area contributed by atoms with E-state index in [0.717, 1.165) is 5.52 Å². The van der Waals surface area contributed by atoms with Crippen molar-refractivity contribution in [3.05, 3.63) is 30.1 Å². The second-order valence-electron chi connectivity index (χ2n) is 5.14. The summed E-state index contributed by atoms with van der Waals surface area (Å²) < 4.78 is 24.8. The number of sulfone groups is 1. The molecule has 20 heavy (non-hydrogen) atoms. The second-order valence-corrected chi connectivity index (χ2v) is 7.37. The van der Waals surface area contributed by atoms with E-state index in [0.29, 0.717) is 18.5 Å². The molecule has 106 valence electrons. The average Bonchev–Trinajstić information content (AvgIpc) is 2.93. The van der Waals surface area contributed by atoms with Gasteiger partial charge in [0.25, 0.3) is 0 Å². The van der Waals surface area contributed by atoms with Gasteiger partial charge in [0, 0.05) is 6.54 Å². The van der Waals surface area contributed by atoms with Crippen LogP contribution in [0.5, 0.6) is 0 Å². The number of hydrogen-bond donors (Lipinski definition) is 1. The summed E-state index contributed by atoms with van der Waals surface area (Å²) in [5.41, 5.74) is 1.34. The van der Waals surface area contributed by atoms with Gasteiger partial charge in [-0.2, -0.15) is 0 Å². The Morgan fingerprint density at radius 3 is 2.90 bits per heavy atom. The maximum absolute atomic E-state index is 11.5. The summed E-state index contributed by atoms with van der Waals surface area (Å²) in [4.78, 5) is 15.3. The molecule has 3 rings (SSSR count). The van der Waals surface area contributed by atoms with Crippen LogP contribution in [0.2, 0.25) is 0 Å². The number of hydrogen-bond acceptors (Lipinski definition) is 4. The zero-order valence-electron chi connectivity index (χ0n) is 10.7. The molecule has 1 aliphatic rings. The molecule has 7 heteroatoms. The van der Waals surface area contributed by atoms with Crippen molar-refractivity contribution in [1.29, 1.82) is 0 Å². The first kappa shape index (κ1) is 13.1. The topological polar surface area (TPSA) is 89.3 Å². The molecule has 0 bridgehead atoms. The highest BCUT2D eigenvalue weighted by Gasteiger charge is 2.28. The Morgan fingerprint density at radius 1 is 1.45 bits per heavy atom. The predicted molar refractivity (Wildman–Crippen MR) is 73.5 cm³/mol. The molecule has 2 aromatic rings. The highest BCUT2D eigenvalue weighted by atomic mass is 32.2. The third kappa shape index (κ3) is 2.29. The van der Waals surface area contributed by atoms with Crippen LogP contribution in [0, 0.1) is 5.92 Å². The number of fused-ring (bicyclic) bond motifs is 1. The maximum atomic E-state index is 11.5. The lowest BCUT2D eigenvalue weighted by Gasteiger charge is -2.09. The predicted octanol–water partition coefficient (Wildman–Crippen LogP) is 1.17. The average molecular weight is 294 g/mol. The van der Waals surface area contributed by atoms with Gasteiger partial charge in [0.2, 0.25) is 0 Å². The molecular weight excluding hydrogens is 280 g/mol. The van der Waals surface area contributed by atoms with Crippen molar-refractivity contribution in [2.45, 2.75) is 13.0 Å². The first-order chi connectivity index (χ1) is 9.46. The van der Waals surface area contributed by atoms with Gasteiger partial charge in [-0.05, 0) is 24.5 Å². The Kier molecular flexibility index (Phi) is 3.01. The Bertz CT molecular complexity index is 779. The number of aromatic carboxylic acids is 1. The van der Waals surface area contributed by atoms with Crippen LogP contribution in [-0.2, 0) is 16.4 Å². The van der Waals surface area contributed by atoms with Gasteiger partial charge >= 0.3 is 5.97 Å². The van der Waals surface area contributed by atoms with Crippen LogP contribution in [0.25, 0.3) is 11.0 Å². The molecule has 1 unspecified atom stereocenters. The van der Waals surface area contributed by atoms with E-state index in [1.807, 2.05) is 4.57 Å². The van der Waals surface area contributed by atoms with Crippen LogP contribution in [-0.4, -0.2) is 40.6 Å². The van der Waals surface area contributed by atoms with E-state index in [1.165, 1.54) is 6.07 Å². The van der Waals surface area contributed by atoms with E-state index < -0.39 is 15.8 Å². The first-order valence-electron chi connectivity index (χ1n) is 6.34. The maximum Gasteiger partial charge on any atom is 0.337 e. The number of rotatable bonds is 3. The summed E-state index contributed by atoms with van der Waals surface area (Å²) in [6, 6.07) is 5.00. The van der Waals surface area contributed by atoms with Gasteiger partial charge in [0.05, 0.1) is 28.9 Å². The summed E-state index contributed by atoms with van der Waals surface area (Å²) >= 11 is 0. The van der Waals surface area contributed by atoms with Crippen molar-refractivity contribution in [1.82, 2.24) is 9.55 Å². The summed E-state index contributed by atoms with van der Waals surface area (Å²) in [6.07, 6.45) is 2.24. The van der Waals surface area contributed by atoms with Crippen LogP contribution in [0.4, 0.5) is 0 Å². The molecule has 0 spiro atoms. The van der Waals surface area contributed by atoms with Crippen molar-refractivity contribution < 1.29 is 18.3 Å². The standard InChI is InChI=1S/C13H14N2O4S/c16-13(17)10-2-1-3-11-12(10)14-8-15(11)6-9-4-5-20(18,19)7-9/h1-3,8-9H,4-7H2,(H,16,17). The molecule has 0 radical (unpaired) electrons. The Labute approximate surface area is 116 Å². The lowest BCUT2D eigenvalue weighted by molar-refractivity contribution is 0.0699. The fourth-order valence-electron chi connectivity index (χ4n) is 2.70. The van der Waals surface area contributed by atoms with Crippen molar-refractivity contribution in [3.8, 4) is 0 Å². The smallest absolute Gasteiger partial charge is 0.337 e. The molecule has 1 aromatic carbocycles. The number of para-hydroxylation sites is 1. The lowest BCUT2D eigenvalue weighted by atomic mass is 10.1. The molecule has 2 heterocycles. The number of carbonyl (C=O) groups is 1. The third-order valence-electron chi connectivity index (χ3n) is 3.66. The van der Waals surface area contributed by atoms with Gasteiger partial charge in [0.1, 0.15) is 5.52 Å². The van der Waals surface area contributed by atoms with E-state index in [-0.39, 0.29) is 23.0 Å². The Hall–Kier alpha value is -1.89. The third-order valence-corrected chi connectivity index (χ3v) is 5.50. The quantitative estimate of drug-likeness (QED) is 0.917. The van der Waals surface area contributed by atoms with Crippen LogP contribution < -0.4 is 0 Å². The largest absolute Gasteiger partial charge is 0.478 e. The molecule has 1 aliphatic heterocycles. The highest BCUT2D eigenvalue weighted by Crippen LogP contribution is 2.23. The van der Waals surface area contributed by atoms with Crippen LogP contribution in [0.15, 0.2) is 24.5 Å². The van der Waals surface area contributed by atoms with Gasteiger partial charge in [-0.15, -0.1) is 0 Å². The van der Waals surface area contributed by atoms with Crippen molar-refractivity contribution in [2.75, 3.05) is 11.5 Å². The van der Waals surface area contributed by atoms with Gasteiger partial charge in [0.15, 0.2) is 9.84 Å². The lowest BCUT2D eigenvalue weighted by Crippen LogP contribution is -2.11. The van der Waals surface area contributed by atoms with Gasteiger partial charge in [-0.3, -0.25) is 0 Å². The molecule has 1 aromatic heterocycles. The van der Waals surface area contributed by atoms with E-state index in [1.54, 1.807) is 18.5 Å². The summed E-state index contributed by atoms with van der Waals surface area (Å²) in [6.45, 7) is 0.554. The number of aromatic nitrogens is 2. The minimum Gasteiger partial charge on any atom is -0.478 e. The van der Waals surface area contributed by atoms with Crippen molar-refractivity contribution in [2.24, 2.45) is 5.92 Å². The molecular formula is C13H14N2O4S. The molecule has 1 N–H and O–H groups in total. The number of imidazole rings is 1. The minimum absolute atomic E-state index is 0.0749. The fourth-order valence-corrected chi connectivity index (χ4v) is 4.55. The van der Waals surface area contributed by atoms with E-state index >= 15 is 0 Å². The van der Waals surface area contributed by atoms with Crippen LogP contribution >= 0.6 is 0 Å². The second kappa shape index (κ2) is 4.59. The Balaban J connectivity index is 1.94. The van der Waals surface area contributed by atoms with Crippen molar-refractivity contribution in [3.63, 3.8) is 0 Å². The van der Waals surface area contributed by atoms with Crippen LogP contribution in [0.1, 0.15) is 16.8 Å². The monoisotopic (exact) mass is 294 g/mol. The van der Waals surface area contributed by atoms with E-state index in [9.17, 15) is 13.2 Å². The van der Waals surface area contributed by atoms with E-state index in [2.05, 4.69) is 4.98 Å². The number of carboxylic acids is 1. The van der Waals surface area contributed by atoms with Gasteiger partial charge in [-0.25, -0.2) is 18.2 Å². The summed E-state index contributed by atoms with van der Waals surface area (Å²) in [7, 11) is -2.90. The summed E-state index contributed by atoms with van der Waals surface area (Å²) in [5.74, 6) is -0.495. The fraction of sp³-hybridized carbons (Fsp3) is 0.385. The van der Waals surface area contributed by atoms with Gasteiger partial charge < -0.3 is 9.67 Å². The highest BCUT2D eigenvalue weighted by molar-refractivity contribution is 7.91. The van der Waals surface area contributed by atoms with Gasteiger partial charge in [-0.1, -0.05) is 6.07 Å².